The van der Waals surface area contributed by atoms with Gasteiger partial charge in [0.2, 0.25) is 5.91 Å². The minimum absolute atomic E-state index is 0.100. The van der Waals surface area contributed by atoms with E-state index in [-0.39, 0.29) is 30.2 Å². The Bertz CT molecular complexity index is 1210. The van der Waals surface area contributed by atoms with Gasteiger partial charge in [0.05, 0.1) is 11.3 Å². The van der Waals surface area contributed by atoms with Crippen molar-refractivity contribution in [3.63, 3.8) is 0 Å². The van der Waals surface area contributed by atoms with Crippen molar-refractivity contribution in [3.8, 4) is 11.1 Å². The first kappa shape index (κ1) is 23.0. The smallest absolute Gasteiger partial charge is 0.407 e. The summed E-state index contributed by atoms with van der Waals surface area (Å²) in [6.45, 7) is 1.79. The minimum atomic E-state index is -1.28. The number of alkyl carbamates (subject to hydrolysis) is 1. The lowest BCUT2D eigenvalue weighted by molar-refractivity contribution is -0.118. The van der Waals surface area contributed by atoms with Crippen LogP contribution in [0.3, 0.4) is 0 Å². The van der Waals surface area contributed by atoms with E-state index in [1.165, 1.54) is 6.07 Å². The average Bonchev–Trinajstić information content (AvgIpc) is 3.16. The zero-order valence-corrected chi connectivity index (χ0v) is 18.4. The number of anilines is 1. The van der Waals surface area contributed by atoms with Gasteiger partial charge in [0.1, 0.15) is 18.5 Å². The molecule has 0 bridgehead atoms. The molecule has 3 aromatic rings. The molecule has 174 valence electrons. The van der Waals surface area contributed by atoms with E-state index in [1.54, 1.807) is 6.92 Å². The van der Waals surface area contributed by atoms with Crippen LogP contribution in [0.2, 0.25) is 0 Å². The zero-order chi connectivity index (χ0) is 24.2. The first-order valence-corrected chi connectivity index (χ1v) is 10.8. The summed E-state index contributed by atoms with van der Waals surface area (Å²) in [6, 6.07) is 18.1. The van der Waals surface area contributed by atoms with Crippen LogP contribution in [0.1, 0.15) is 40.7 Å². The van der Waals surface area contributed by atoms with Gasteiger partial charge in [-0.15, -0.1) is 0 Å². The van der Waals surface area contributed by atoms with Crippen LogP contribution < -0.4 is 10.6 Å². The minimum Gasteiger partial charge on any atom is -0.478 e. The maximum Gasteiger partial charge on any atom is 0.407 e. The molecule has 2 amide bonds. The molecular formula is C26H23FN2O5. The Morgan fingerprint density at radius 3 is 2.18 bits per heavy atom. The van der Waals surface area contributed by atoms with Crippen molar-refractivity contribution < 1.29 is 28.6 Å². The lowest BCUT2D eigenvalue weighted by Crippen LogP contribution is -2.44. The molecule has 0 saturated heterocycles. The first-order valence-electron chi connectivity index (χ1n) is 10.8. The molecular weight excluding hydrogens is 439 g/mol. The van der Waals surface area contributed by atoms with Gasteiger partial charge in [0.15, 0.2) is 0 Å². The highest BCUT2D eigenvalue weighted by Crippen LogP contribution is 2.44. The Kier molecular flexibility index (Phi) is 6.58. The summed E-state index contributed by atoms with van der Waals surface area (Å²) < 4.78 is 19.6. The second-order valence-corrected chi connectivity index (χ2v) is 7.92. The second kappa shape index (κ2) is 9.74. The third kappa shape index (κ3) is 4.61. The maximum atomic E-state index is 14.1. The number of ether oxygens (including phenoxy) is 1. The van der Waals surface area contributed by atoms with E-state index in [2.05, 4.69) is 10.6 Å². The fourth-order valence-corrected chi connectivity index (χ4v) is 4.10. The Morgan fingerprint density at radius 2 is 1.62 bits per heavy atom. The molecule has 8 heteroatoms. The van der Waals surface area contributed by atoms with Gasteiger partial charge in [-0.3, -0.25) is 4.79 Å². The number of carboxylic acid groups (broad SMARTS) is 1. The van der Waals surface area contributed by atoms with E-state index in [1.807, 2.05) is 48.5 Å². The lowest BCUT2D eigenvalue weighted by Gasteiger charge is -2.19. The second-order valence-electron chi connectivity index (χ2n) is 7.92. The number of amides is 2. The van der Waals surface area contributed by atoms with E-state index < -0.39 is 29.8 Å². The summed E-state index contributed by atoms with van der Waals surface area (Å²) in [7, 11) is 0. The normalized spacial score (nSPS) is 12.9. The Balaban J connectivity index is 1.39. The van der Waals surface area contributed by atoms with Crippen LogP contribution in [-0.2, 0) is 9.53 Å². The predicted molar refractivity (Wildman–Crippen MR) is 124 cm³/mol. The van der Waals surface area contributed by atoms with E-state index in [9.17, 15) is 18.8 Å². The molecule has 3 aromatic carbocycles. The quantitative estimate of drug-likeness (QED) is 0.469. The molecule has 0 fully saturated rings. The van der Waals surface area contributed by atoms with Gasteiger partial charge < -0.3 is 20.5 Å². The van der Waals surface area contributed by atoms with E-state index in [0.29, 0.717) is 0 Å². The fourth-order valence-electron chi connectivity index (χ4n) is 4.10. The number of carboxylic acids is 1. The number of benzene rings is 3. The molecule has 1 atom stereocenters. The highest BCUT2D eigenvalue weighted by molar-refractivity contribution is 5.97. The number of aromatic carboxylic acids is 1. The van der Waals surface area contributed by atoms with Crippen LogP contribution >= 0.6 is 0 Å². The SMILES string of the molecule is CC[C@H](NC(=O)OCC1c2ccccc2-c2ccccc21)C(=O)Nc1ccc(C(=O)O)cc1F. The Morgan fingerprint density at radius 1 is 1.00 bits per heavy atom. The summed E-state index contributed by atoms with van der Waals surface area (Å²) in [5.41, 5.74) is 3.94. The van der Waals surface area contributed by atoms with Crippen molar-refractivity contribution in [1.29, 1.82) is 0 Å². The number of carbonyl (C=O) groups is 3. The average molecular weight is 462 g/mol. The molecule has 34 heavy (non-hydrogen) atoms. The molecule has 0 aromatic heterocycles. The van der Waals surface area contributed by atoms with Crippen molar-refractivity contribution in [1.82, 2.24) is 5.32 Å². The first-order chi connectivity index (χ1) is 16.4. The van der Waals surface area contributed by atoms with E-state index >= 15 is 0 Å². The molecule has 4 rings (SSSR count). The number of halogens is 1. The summed E-state index contributed by atoms with van der Waals surface area (Å²) in [6.07, 6.45) is -0.518. The van der Waals surface area contributed by atoms with Crippen molar-refractivity contribution in [2.45, 2.75) is 25.3 Å². The summed E-state index contributed by atoms with van der Waals surface area (Å²) >= 11 is 0. The molecule has 3 N–H and O–H groups in total. The van der Waals surface area contributed by atoms with Gasteiger partial charge in [-0.2, -0.15) is 0 Å². The van der Waals surface area contributed by atoms with Gasteiger partial charge >= 0.3 is 12.1 Å². The molecule has 0 radical (unpaired) electrons. The monoisotopic (exact) mass is 462 g/mol. The molecule has 0 spiro atoms. The zero-order valence-electron chi connectivity index (χ0n) is 18.4. The van der Waals surface area contributed by atoms with Gasteiger partial charge in [-0.05, 0) is 46.9 Å². The summed E-state index contributed by atoms with van der Waals surface area (Å²) in [5.74, 6) is -2.92. The van der Waals surface area contributed by atoms with E-state index in [4.69, 9.17) is 9.84 Å². The molecule has 1 aliphatic carbocycles. The highest BCUT2D eigenvalue weighted by Gasteiger charge is 2.29. The Labute approximate surface area is 195 Å². The topological polar surface area (TPSA) is 105 Å². The van der Waals surface area contributed by atoms with Crippen LogP contribution in [0.15, 0.2) is 66.7 Å². The molecule has 7 nitrogen and oxygen atoms in total. The largest absolute Gasteiger partial charge is 0.478 e. The van der Waals surface area contributed by atoms with Crippen LogP contribution in [0.25, 0.3) is 11.1 Å². The van der Waals surface area contributed by atoms with Gasteiger partial charge in [0, 0.05) is 5.92 Å². The lowest BCUT2D eigenvalue weighted by atomic mass is 9.98. The third-order valence-electron chi connectivity index (χ3n) is 5.83. The number of nitrogens with one attached hydrogen (secondary N) is 2. The molecule has 0 saturated carbocycles. The summed E-state index contributed by atoms with van der Waals surface area (Å²) in [4.78, 5) is 36.0. The van der Waals surface area contributed by atoms with Crippen molar-refractivity contribution in [3.05, 3.63) is 89.2 Å². The highest BCUT2D eigenvalue weighted by atomic mass is 19.1. The Hall–Kier alpha value is -4.20. The fraction of sp³-hybridized carbons (Fsp3) is 0.192. The number of rotatable bonds is 7. The number of carbonyl (C=O) groups excluding carboxylic acids is 2. The van der Waals surface area contributed by atoms with Crippen LogP contribution in [0, 0.1) is 5.82 Å². The molecule has 0 heterocycles. The number of hydrogen-bond acceptors (Lipinski definition) is 4. The third-order valence-corrected chi connectivity index (χ3v) is 5.83. The number of fused-ring (bicyclic) bond motifs is 3. The van der Waals surface area contributed by atoms with Crippen molar-refractivity contribution in [2.75, 3.05) is 11.9 Å². The summed E-state index contributed by atoms with van der Waals surface area (Å²) in [5, 5.41) is 13.8. The molecule has 1 aliphatic rings. The van der Waals surface area contributed by atoms with Crippen molar-refractivity contribution >= 4 is 23.7 Å². The standard InChI is InChI=1S/C26H23FN2O5/c1-2-22(24(30)28-23-12-11-15(25(31)32)13-21(23)27)29-26(33)34-14-20-18-9-5-3-7-16(18)17-8-4-6-10-19(17)20/h3-13,20,22H,2,14H2,1H3,(H,28,30)(H,29,33)(H,31,32)/t22-/m0/s1. The van der Waals surface area contributed by atoms with Crippen LogP contribution in [-0.4, -0.2) is 35.7 Å². The van der Waals surface area contributed by atoms with Crippen LogP contribution in [0.5, 0.6) is 0 Å². The van der Waals surface area contributed by atoms with Crippen LogP contribution in [0.4, 0.5) is 14.9 Å². The molecule has 0 aliphatic heterocycles. The molecule has 0 unspecified atom stereocenters. The van der Waals surface area contributed by atoms with Crippen molar-refractivity contribution in [2.24, 2.45) is 0 Å². The van der Waals surface area contributed by atoms with Gasteiger partial charge in [0.25, 0.3) is 0 Å². The van der Waals surface area contributed by atoms with E-state index in [0.717, 1.165) is 34.4 Å². The van der Waals surface area contributed by atoms with Gasteiger partial charge in [-0.1, -0.05) is 55.5 Å². The number of hydrogen-bond donors (Lipinski definition) is 3. The predicted octanol–water partition coefficient (Wildman–Crippen LogP) is 4.78. The van der Waals surface area contributed by atoms with Gasteiger partial charge in [-0.25, -0.2) is 14.0 Å². The maximum absolute atomic E-state index is 14.1.